The van der Waals surface area contributed by atoms with Gasteiger partial charge in [-0.05, 0) is 30.7 Å². The van der Waals surface area contributed by atoms with Crippen molar-refractivity contribution in [2.24, 2.45) is 0 Å². The summed E-state index contributed by atoms with van der Waals surface area (Å²) >= 11 is 1.36. The van der Waals surface area contributed by atoms with Gasteiger partial charge in [-0.25, -0.2) is 15.0 Å². The van der Waals surface area contributed by atoms with Gasteiger partial charge in [0.25, 0.3) is 0 Å². The van der Waals surface area contributed by atoms with Crippen molar-refractivity contribution in [2.75, 3.05) is 12.5 Å². The molecule has 0 aliphatic carbocycles. The minimum absolute atomic E-state index is 0.0760. The van der Waals surface area contributed by atoms with Crippen LogP contribution in [0.1, 0.15) is 18.5 Å². The first-order valence-corrected chi connectivity index (χ1v) is 9.31. The van der Waals surface area contributed by atoms with Gasteiger partial charge in [0.2, 0.25) is 18.6 Å². The molecule has 0 saturated carbocycles. The van der Waals surface area contributed by atoms with Gasteiger partial charge in [0.05, 0.1) is 11.8 Å². The number of amides is 1. The number of fused-ring (bicyclic) bond motifs is 1. The summed E-state index contributed by atoms with van der Waals surface area (Å²) in [7, 11) is 0. The zero-order valence-electron chi connectivity index (χ0n) is 14.5. The maximum Gasteiger partial charge on any atom is 0.235 e. The van der Waals surface area contributed by atoms with E-state index in [-0.39, 0.29) is 24.5 Å². The Morgan fingerprint density at radius 1 is 1.30 bits per heavy atom. The number of benzene rings is 1. The Morgan fingerprint density at radius 3 is 3.04 bits per heavy atom. The van der Waals surface area contributed by atoms with Crippen LogP contribution < -0.4 is 14.8 Å². The Morgan fingerprint density at radius 2 is 2.19 bits per heavy atom. The Bertz CT molecular complexity index is 948. The molecule has 2 aromatic heterocycles. The predicted molar refractivity (Wildman–Crippen MR) is 99.0 cm³/mol. The van der Waals surface area contributed by atoms with Crippen LogP contribution in [-0.4, -0.2) is 38.0 Å². The standard InChI is InChI=1S/C18H17N5O3S/c1-12(13-2-3-14-15(8-13)26-11-25-14)21-16(24)9-27-17-4-5-20-18(22-17)23-7-6-19-10-23/h2-8,10,12H,9,11H2,1H3,(H,21,24). The molecule has 3 heterocycles. The fourth-order valence-corrected chi connectivity index (χ4v) is 3.27. The number of nitrogens with zero attached hydrogens (tertiary/aromatic N) is 4. The quantitative estimate of drug-likeness (QED) is 0.516. The van der Waals surface area contributed by atoms with E-state index in [2.05, 4.69) is 20.3 Å². The Balaban J connectivity index is 1.34. The minimum Gasteiger partial charge on any atom is -0.454 e. The number of ether oxygens (including phenoxy) is 2. The summed E-state index contributed by atoms with van der Waals surface area (Å²) in [6, 6.07) is 7.31. The lowest BCUT2D eigenvalue weighted by atomic mass is 10.1. The first-order valence-electron chi connectivity index (χ1n) is 8.32. The monoisotopic (exact) mass is 383 g/mol. The highest BCUT2D eigenvalue weighted by atomic mass is 32.2. The van der Waals surface area contributed by atoms with Crippen molar-refractivity contribution in [1.29, 1.82) is 0 Å². The van der Waals surface area contributed by atoms with E-state index in [1.807, 2.05) is 25.1 Å². The van der Waals surface area contributed by atoms with Crippen molar-refractivity contribution in [2.45, 2.75) is 18.0 Å². The van der Waals surface area contributed by atoms with Crippen LogP contribution in [0.25, 0.3) is 5.95 Å². The highest BCUT2D eigenvalue weighted by Crippen LogP contribution is 2.34. The molecule has 3 aromatic rings. The fourth-order valence-electron chi connectivity index (χ4n) is 2.60. The van der Waals surface area contributed by atoms with E-state index in [9.17, 15) is 4.79 Å². The Kier molecular flexibility index (Phi) is 4.93. The summed E-state index contributed by atoms with van der Waals surface area (Å²) in [5.41, 5.74) is 0.960. The van der Waals surface area contributed by atoms with Crippen LogP contribution in [0.2, 0.25) is 0 Å². The number of hydrogen-bond acceptors (Lipinski definition) is 7. The van der Waals surface area contributed by atoms with Crippen molar-refractivity contribution in [1.82, 2.24) is 24.8 Å². The van der Waals surface area contributed by atoms with Crippen LogP contribution in [-0.2, 0) is 4.79 Å². The van der Waals surface area contributed by atoms with Crippen molar-refractivity contribution in [3.63, 3.8) is 0 Å². The molecule has 1 N–H and O–H groups in total. The summed E-state index contributed by atoms with van der Waals surface area (Å²) in [6.45, 7) is 2.16. The van der Waals surface area contributed by atoms with Gasteiger partial charge in [0.15, 0.2) is 11.5 Å². The summed E-state index contributed by atoms with van der Waals surface area (Å²) < 4.78 is 12.4. The van der Waals surface area contributed by atoms with E-state index < -0.39 is 0 Å². The SMILES string of the molecule is CC(NC(=O)CSc1ccnc(-n2ccnc2)n1)c1ccc2c(c1)OCO2. The van der Waals surface area contributed by atoms with Crippen molar-refractivity contribution in [3.05, 3.63) is 54.7 Å². The maximum atomic E-state index is 12.3. The zero-order chi connectivity index (χ0) is 18.6. The van der Waals surface area contributed by atoms with E-state index >= 15 is 0 Å². The van der Waals surface area contributed by atoms with Gasteiger partial charge in [-0.2, -0.15) is 0 Å². The number of imidazole rings is 1. The van der Waals surface area contributed by atoms with Gasteiger partial charge in [-0.3, -0.25) is 9.36 Å². The molecule has 0 saturated heterocycles. The molecule has 1 atom stereocenters. The number of nitrogens with one attached hydrogen (secondary N) is 1. The molecule has 27 heavy (non-hydrogen) atoms. The molecule has 1 amide bonds. The average Bonchev–Trinajstić information content (AvgIpc) is 3.37. The molecule has 9 heteroatoms. The molecule has 0 radical (unpaired) electrons. The molecular weight excluding hydrogens is 366 g/mol. The first kappa shape index (κ1) is 17.3. The van der Waals surface area contributed by atoms with E-state index in [0.29, 0.717) is 11.7 Å². The molecule has 0 fully saturated rings. The Labute approximate surface area is 160 Å². The summed E-state index contributed by atoms with van der Waals surface area (Å²) in [5, 5.41) is 3.71. The summed E-state index contributed by atoms with van der Waals surface area (Å²) in [4.78, 5) is 24.9. The molecule has 1 unspecified atom stereocenters. The predicted octanol–water partition coefficient (Wildman–Crippen LogP) is 2.36. The highest BCUT2D eigenvalue weighted by Gasteiger charge is 2.17. The van der Waals surface area contributed by atoms with Crippen LogP contribution in [0.4, 0.5) is 0 Å². The van der Waals surface area contributed by atoms with Crippen molar-refractivity contribution < 1.29 is 14.3 Å². The lowest BCUT2D eigenvalue weighted by molar-refractivity contribution is -0.119. The van der Waals surface area contributed by atoms with Crippen LogP contribution in [0.5, 0.6) is 11.5 Å². The molecule has 1 aliphatic rings. The third-order valence-electron chi connectivity index (χ3n) is 3.98. The van der Waals surface area contributed by atoms with E-state index in [0.717, 1.165) is 16.3 Å². The molecule has 4 rings (SSSR count). The van der Waals surface area contributed by atoms with Crippen LogP contribution in [0.3, 0.4) is 0 Å². The summed E-state index contributed by atoms with van der Waals surface area (Å²) in [6.07, 6.45) is 6.72. The number of aromatic nitrogens is 4. The lowest BCUT2D eigenvalue weighted by Gasteiger charge is -2.14. The van der Waals surface area contributed by atoms with Crippen LogP contribution in [0, 0.1) is 0 Å². The molecule has 138 valence electrons. The van der Waals surface area contributed by atoms with Gasteiger partial charge in [-0.1, -0.05) is 17.8 Å². The van der Waals surface area contributed by atoms with Crippen LogP contribution >= 0.6 is 11.8 Å². The fraction of sp³-hybridized carbons (Fsp3) is 0.222. The second-order valence-electron chi connectivity index (χ2n) is 5.86. The zero-order valence-corrected chi connectivity index (χ0v) is 15.3. The topological polar surface area (TPSA) is 91.2 Å². The molecule has 0 spiro atoms. The van der Waals surface area contributed by atoms with Gasteiger partial charge in [0, 0.05) is 18.6 Å². The molecular formula is C18H17N5O3S. The number of carbonyl (C=O) groups is 1. The first-order chi connectivity index (χ1) is 13.2. The van der Waals surface area contributed by atoms with Crippen molar-refractivity contribution >= 4 is 17.7 Å². The third kappa shape index (κ3) is 4.03. The second kappa shape index (κ2) is 7.67. The van der Waals surface area contributed by atoms with Gasteiger partial charge in [0.1, 0.15) is 11.4 Å². The smallest absolute Gasteiger partial charge is 0.235 e. The normalized spacial score (nSPS) is 13.4. The van der Waals surface area contributed by atoms with Crippen LogP contribution in [0.15, 0.2) is 54.2 Å². The number of thioether (sulfide) groups is 1. The van der Waals surface area contributed by atoms with Gasteiger partial charge < -0.3 is 14.8 Å². The van der Waals surface area contributed by atoms with Gasteiger partial charge in [-0.15, -0.1) is 0 Å². The third-order valence-corrected chi connectivity index (χ3v) is 4.91. The number of hydrogen-bond donors (Lipinski definition) is 1. The number of carbonyl (C=O) groups excluding carboxylic acids is 1. The minimum atomic E-state index is -0.139. The number of rotatable bonds is 6. The highest BCUT2D eigenvalue weighted by molar-refractivity contribution is 7.99. The largest absolute Gasteiger partial charge is 0.454 e. The van der Waals surface area contributed by atoms with E-state index in [1.165, 1.54) is 11.8 Å². The lowest BCUT2D eigenvalue weighted by Crippen LogP contribution is -2.28. The van der Waals surface area contributed by atoms with Crippen molar-refractivity contribution in [3.8, 4) is 17.4 Å². The summed E-state index contributed by atoms with van der Waals surface area (Å²) in [5.74, 6) is 2.14. The van der Waals surface area contributed by atoms with E-state index in [1.54, 1.807) is 35.6 Å². The molecule has 1 aromatic carbocycles. The average molecular weight is 383 g/mol. The molecule has 8 nitrogen and oxygen atoms in total. The molecule has 1 aliphatic heterocycles. The maximum absolute atomic E-state index is 12.3. The Hall–Kier alpha value is -3.07. The molecule has 0 bridgehead atoms. The van der Waals surface area contributed by atoms with Gasteiger partial charge >= 0.3 is 0 Å². The van der Waals surface area contributed by atoms with E-state index in [4.69, 9.17) is 9.47 Å². The second-order valence-corrected chi connectivity index (χ2v) is 6.85.